The predicted octanol–water partition coefficient (Wildman–Crippen LogP) is 2.45. The average molecular weight is 316 g/mol. The molecule has 2 rings (SSSR count). The summed E-state index contributed by atoms with van der Waals surface area (Å²) in [5, 5.41) is 10.5. The first-order chi connectivity index (χ1) is 11.0. The Morgan fingerprint density at radius 2 is 1.78 bits per heavy atom. The SMILES string of the molecule is COc1ccc([C@H](O)CN(C)Cc2ccccc2N)cc1OC. The molecule has 0 heterocycles. The first-order valence-corrected chi connectivity index (χ1v) is 7.47. The molecule has 0 aromatic heterocycles. The largest absolute Gasteiger partial charge is 0.493 e. The lowest BCUT2D eigenvalue weighted by molar-refractivity contribution is 0.123. The number of methoxy groups -OCH3 is 2. The van der Waals surface area contributed by atoms with Gasteiger partial charge in [0.1, 0.15) is 0 Å². The fraction of sp³-hybridized carbons (Fsp3) is 0.333. The number of nitrogens with zero attached hydrogens (tertiary/aromatic N) is 1. The lowest BCUT2D eigenvalue weighted by atomic mass is 10.1. The van der Waals surface area contributed by atoms with Crippen molar-refractivity contribution < 1.29 is 14.6 Å². The molecule has 23 heavy (non-hydrogen) atoms. The summed E-state index contributed by atoms with van der Waals surface area (Å²) < 4.78 is 10.5. The van der Waals surface area contributed by atoms with E-state index in [1.165, 1.54) is 0 Å². The molecule has 0 radical (unpaired) electrons. The summed E-state index contributed by atoms with van der Waals surface area (Å²) in [6.07, 6.45) is -0.621. The molecule has 0 bridgehead atoms. The Balaban J connectivity index is 2.03. The van der Waals surface area contributed by atoms with Crippen molar-refractivity contribution in [2.24, 2.45) is 0 Å². The van der Waals surface area contributed by atoms with E-state index < -0.39 is 6.10 Å². The van der Waals surface area contributed by atoms with Gasteiger partial charge in [-0.25, -0.2) is 0 Å². The van der Waals surface area contributed by atoms with Crippen LogP contribution in [0.15, 0.2) is 42.5 Å². The highest BCUT2D eigenvalue weighted by Crippen LogP contribution is 2.30. The van der Waals surface area contributed by atoms with E-state index in [0.29, 0.717) is 24.6 Å². The molecule has 5 nitrogen and oxygen atoms in total. The predicted molar refractivity (Wildman–Crippen MR) is 91.7 cm³/mol. The van der Waals surface area contributed by atoms with Crippen LogP contribution in [-0.2, 0) is 6.54 Å². The van der Waals surface area contributed by atoms with Gasteiger partial charge in [0.15, 0.2) is 11.5 Å². The van der Waals surface area contributed by atoms with E-state index in [9.17, 15) is 5.11 Å². The van der Waals surface area contributed by atoms with Gasteiger partial charge in [-0.1, -0.05) is 24.3 Å². The van der Waals surface area contributed by atoms with Gasteiger partial charge >= 0.3 is 0 Å². The van der Waals surface area contributed by atoms with Crippen molar-refractivity contribution in [2.45, 2.75) is 12.6 Å². The Labute approximate surface area is 137 Å². The summed E-state index contributed by atoms with van der Waals surface area (Å²) >= 11 is 0. The average Bonchev–Trinajstić information content (AvgIpc) is 2.56. The van der Waals surface area contributed by atoms with Crippen LogP contribution in [0.2, 0.25) is 0 Å². The third-order valence-corrected chi connectivity index (χ3v) is 3.77. The van der Waals surface area contributed by atoms with Gasteiger partial charge in [-0.3, -0.25) is 4.90 Å². The summed E-state index contributed by atoms with van der Waals surface area (Å²) in [6.45, 7) is 1.17. The molecule has 2 aromatic carbocycles. The molecule has 0 aliphatic carbocycles. The fourth-order valence-corrected chi connectivity index (χ4v) is 2.49. The van der Waals surface area contributed by atoms with Gasteiger partial charge in [0.2, 0.25) is 0 Å². The number of para-hydroxylation sites is 1. The Morgan fingerprint density at radius 1 is 1.09 bits per heavy atom. The highest BCUT2D eigenvalue weighted by atomic mass is 16.5. The molecule has 5 heteroatoms. The summed E-state index contributed by atoms with van der Waals surface area (Å²) in [5.41, 5.74) is 8.56. The van der Waals surface area contributed by atoms with Crippen molar-refractivity contribution in [1.29, 1.82) is 0 Å². The lowest BCUT2D eigenvalue weighted by Gasteiger charge is -2.22. The molecular formula is C18H24N2O3. The number of aliphatic hydroxyl groups is 1. The molecule has 0 spiro atoms. The monoisotopic (exact) mass is 316 g/mol. The zero-order valence-electron chi connectivity index (χ0n) is 13.8. The van der Waals surface area contributed by atoms with Crippen molar-refractivity contribution in [2.75, 3.05) is 33.5 Å². The third-order valence-electron chi connectivity index (χ3n) is 3.77. The van der Waals surface area contributed by atoms with Crippen molar-refractivity contribution in [1.82, 2.24) is 4.90 Å². The zero-order chi connectivity index (χ0) is 16.8. The first kappa shape index (κ1) is 17.1. The molecule has 0 amide bonds. The van der Waals surface area contributed by atoms with Crippen molar-refractivity contribution >= 4 is 5.69 Å². The number of rotatable bonds is 7. The molecule has 124 valence electrons. The van der Waals surface area contributed by atoms with Crippen LogP contribution in [0.25, 0.3) is 0 Å². The van der Waals surface area contributed by atoms with Crippen molar-refractivity contribution in [3.05, 3.63) is 53.6 Å². The summed E-state index contributed by atoms with van der Waals surface area (Å²) in [4.78, 5) is 2.03. The molecule has 0 unspecified atom stereocenters. The molecular weight excluding hydrogens is 292 g/mol. The van der Waals surface area contributed by atoms with Crippen LogP contribution in [0.5, 0.6) is 11.5 Å². The number of anilines is 1. The second-order valence-electron chi connectivity index (χ2n) is 5.53. The fourth-order valence-electron chi connectivity index (χ4n) is 2.49. The molecule has 0 aliphatic rings. The van der Waals surface area contributed by atoms with Crippen LogP contribution in [0, 0.1) is 0 Å². The maximum atomic E-state index is 10.5. The van der Waals surface area contributed by atoms with E-state index in [1.807, 2.05) is 42.3 Å². The van der Waals surface area contributed by atoms with Crippen LogP contribution in [0.1, 0.15) is 17.2 Å². The maximum Gasteiger partial charge on any atom is 0.161 e. The number of hydrogen-bond donors (Lipinski definition) is 2. The second kappa shape index (κ2) is 7.85. The van der Waals surface area contributed by atoms with Crippen LogP contribution in [0.4, 0.5) is 5.69 Å². The molecule has 0 fully saturated rings. The lowest BCUT2D eigenvalue weighted by Crippen LogP contribution is -2.24. The summed E-state index contributed by atoms with van der Waals surface area (Å²) in [6, 6.07) is 13.2. The molecule has 1 atom stereocenters. The van der Waals surface area contributed by atoms with Crippen LogP contribution in [-0.4, -0.2) is 37.8 Å². The van der Waals surface area contributed by atoms with Gasteiger partial charge in [-0.15, -0.1) is 0 Å². The Bertz CT molecular complexity index is 646. The number of likely N-dealkylation sites (N-methyl/N-ethyl adjacent to an activating group) is 1. The summed E-state index contributed by atoms with van der Waals surface area (Å²) in [7, 11) is 5.13. The Hall–Kier alpha value is -2.24. The van der Waals surface area contributed by atoms with Crippen molar-refractivity contribution in [3.63, 3.8) is 0 Å². The van der Waals surface area contributed by atoms with E-state index in [1.54, 1.807) is 26.4 Å². The second-order valence-corrected chi connectivity index (χ2v) is 5.53. The van der Waals surface area contributed by atoms with E-state index >= 15 is 0 Å². The van der Waals surface area contributed by atoms with Crippen LogP contribution in [0.3, 0.4) is 0 Å². The van der Waals surface area contributed by atoms with E-state index in [4.69, 9.17) is 15.2 Å². The minimum absolute atomic E-state index is 0.490. The first-order valence-electron chi connectivity index (χ1n) is 7.47. The number of nitrogens with two attached hydrogens (primary N) is 1. The minimum atomic E-state index is -0.621. The van der Waals surface area contributed by atoms with Gasteiger partial charge in [0.25, 0.3) is 0 Å². The highest BCUT2D eigenvalue weighted by molar-refractivity contribution is 5.46. The van der Waals surface area contributed by atoms with Gasteiger partial charge in [-0.2, -0.15) is 0 Å². The van der Waals surface area contributed by atoms with E-state index in [0.717, 1.165) is 16.8 Å². The number of hydrogen-bond acceptors (Lipinski definition) is 5. The number of nitrogen functional groups attached to an aromatic ring is 1. The summed E-state index contributed by atoms with van der Waals surface area (Å²) in [5.74, 6) is 1.26. The van der Waals surface area contributed by atoms with Crippen LogP contribution >= 0.6 is 0 Å². The Kier molecular flexibility index (Phi) is 5.84. The topological polar surface area (TPSA) is 68.0 Å². The number of aliphatic hydroxyl groups excluding tert-OH is 1. The minimum Gasteiger partial charge on any atom is -0.493 e. The molecule has 3 N–H and O–H groups in total. The van der Waals surface area contributed by atoms with E-state index in [-0.39, 0.29) is 0 Å². The maximum absolute atomic E-state index is 10.5. The molecule has 0 saturated carbocycles. The molecule has 2 aromatic rings. The van der Waals surface area contributed by atoms with E-state index in [2.05, 4.69) is 0 Å². The van der Waals surface area contributed by atoms with Crippen LogP contribution < -0.4 is 15.2 Å². The standard InChI is InChI=1S/C18H24N2O3/c1-20(11-14-6-4-5-7-15(14)19)12-16(21)13-8-9-17(22-2)18(10-13)23-3/h4-10,16,21H,11-12,19H2,1-3H3/t16-/m1/s1. The van der Waals surface area contributed by atoms with Gasteiger partial charge in [0, 0.05) is 18.8 Å². The van der Waals surface area contributed by atoms with Gasteiger partial charge < -0.3 is 20.3 Å². The smallest absolute Gasteiger partial charge is 0.161 e. The molecule has 0 saturated heterocycles. The Morgan fingerprint density at radius 3 is 2.43 bits per heavy atom. The molecule has 0 aliphatic heterocycles. The zero-order valence-corrected chi connectivity index (χ0v) is 13.8. The van der Waals surface area contributed by atoms with Crippen molar-refractivity contribution in [3.8, 4) is 11.5 Å². The number of benzene rings is 2. The number of ether oxygens (including phenoxy) is 2. The van der Waals surface area contributed by atoms with Gasteiger partial charge in [0.05, 0.1) is 20.3 Å². The normalized spacial score (nSPS) is 12.2. The quantitative estimate of drug-likeness (QED) is 0.768. The highest BCUT2D eigenvalue weighted by Gasteiger charge is 2.14. The van der Waals surface area contributed by atoms with Gasteiger partial charge in [-0.05, 0) is 36.4 Å². The third kappa shape index (κ3) is 4.37.